The molecule has 3 unspecified atom stereocenters. The summed E-state index contributed by atoms with van der Waals surface area (Å²) in [6.07, 6.45) is -3.34. The molecule has 4 aliphatic heterocycles. The predicted octanol–water partition coefficient (Wildman–Crippen LogP) is 0.617. The van der Waals surface area contributed by atoms with Crippen LogP contribution in [0.3, 0.4) is 0 Å². The number of aromatic amines is 1. The van der Waals surface area contributed by atoms with Gasteiger partial charge in [-0.2, -0.15) is 0 Å². The molecule has 5 heterocycles. The molecule has 1 aromatic carbocycles. The van der Waals surface area contributed by atoms with Crippen molar-refractivity contribution < 1.29 is 39.4 Å². The van der Waals surface area contributed by atoms with E-state index in [0.717, 1.165) is 17.6 Å². The van der Waals surface area contributed by atoms with Gasteiger partial charge in [0.2, 0.25) is 6.29 Å². The Morgan fingerprint density at radius 3 is 2.78 bits per heavy atom. The molecule has 4 aliphatic rings. The van der Waals surface area contributed by atoms with E-state index in [2.05, 4.69) is 11.1 Å². The van der Waals surface area contributed by atoms with Crippen molar-refractivity contribution >= 4 is 16.8 Å². The first-order chi connectivity index (χ1) is 17.4. The molecule has 5 N–H and O–H groups in total. The lowest BCUT2D eigenvalue weighted by molar-refractivity contribution is -0.327. The third-order valence-electron chi connectivity index (χ3n) is 7.93. The minimum absolute atomic E-state index is 0.0776. The summed E-state index contributed by atoms with van der Waals surface area (Å²) in [5.41, 5.74) is 4.62. The van der Waals surface area contributed by atoms with Crippen LogP contribution in [0.15, 0.2) is 47.7 Å². The van der Waals surface area contributed by atoms with Gasteiger partial charge in [0.15, 0.2) is 6.29 Å². The quantitative estimate of drug-likeness (QED) is 0.388. The van der Waals surface area contributed by atoms with Gasteiger partial charge in [0, 0.05) is 34.6 Å². The van der Waals surface area contributed by atoms with Gasteiger partial charge in [-0.15, -0.1) is 0 Å². The van der Waals surface area contributed by atoms with Crippen LogP contribution in [0.1, 0.15) is 30.6 Å². The maximum Gasteiger partial charge on any atom is 0.254 e. The molecule has 0 bridgehead atoms. The van der Waals surface area contributed by atoms with Gasteiger partial charge < -0.3 is 44.5 Å². The molecule has 2 fully saturated rings. The molecule has 0 aliphatic carbocycles. The second kappa shape index (κ2) is 8.98. The number of carbonyl (C=O) groups is 1. The monoisotopic (exact) mass is 498 g/mol. The van der Waals surface area contributed by atoms with E-state index in [1.54, 1.807) is 0 Å². The fourth-order valence-electron chi connectivity index (χ4n) is 6.05. The Morgan fingerprint density at radius 1 is 1.19 bits per heavy atom. The molecular weight excluding hydrogens is 468 g/mol. The molecule has 10 nitrogen and oxygen atoms in total. The average Bonchev–Trinajstić information content (AvgIpc) is 3.28. The highest BCUT2D eigenvalue weighted by molar-refractivity contribution is 5.96. The number of hydrogen-bond acceptors (Lipinski definition) is 8. The molecule has 1 aromatic heterocycles. The van der Waals surface area contributed by atoms with Crippen LogP contribution in [0.4, 0.5) is 0 Å². The third kappa shape index (κ3) is 3.52. The van der Waals surface area contributed by atoms with E-state index >= 15 is 0 Å². The Hall–Kier alpha value is -2.73. The summed E-state index contributed by atoms with van der Waals surface area (Å²) in [4.78, 5) is 19.0. The van der Waals surface area contributed by atoms with Crippen LogP contribution in [0, 0.1) is 5.92 Å². The lowest BCUT2D eigenvalue weighted by atomic mass is 9.77. The van der Waals surface area contributed by atoms with Gasteiger partial charge in [-0.25, -0.2) is 0 Å². The smallest absolute Gasteiger partial charge is 0.254 e. The van der Waals surface area contributed by atoms with Crippen molar-refractivity contribution in [3.63, 3.8) is 0 Å². The lowest BCUT2D eigenvalue weighted by Crippen LogP contribution is -2.60. The lowest BCUT2D eigenvalue weighted by Gasteiger charge is -2.46. The predicted molar refractivity (Wildman–Crippen MR) is 126 cm³/mol. The molecule has 36 heavy (non-hydrogen) atoms. The van der Waals surface area contributed by atoms with Gasteiger partial charge in [0.05, 0.1) is 24.5 Å². The number of aromatic nitrogens is 1. The first kappa shape index (κ1) is 23.7. The van der Waals surface area contributed by atoms with Crippen molar-refractivity contribution in [3.05, 3.63) is 59.0 Å². The number of amides is 1. The maximum atomic E-state index is 13.5. The van der Waals surface area contributed by atoms with Gasteiger partial charge >= 0.3 is 0 Å². The fourth-order valence-corrected chi connectivity index (χ4v) is 6.05. The topological polar surface area (TPSA) is 145 Å². The van der Waals surface area contributed by atoms with Crippen molar-refractivity contribution in [1.29, 1.82) is 0 Å². The number of para-hydroxylation sites is 1. The van der Waals surface area contributed by atoms with Crippen LogP contribution in [-0.2, 0) is 25.4 Å². The summed E-state index contributed by atoms with van der Waals surface area (Å²) in [5.74, 6) is -0.351. The molecule has 192 valence electrons. The molecule has 0 saturated carbocycles. The Labute approximate surface area is 207 Å². The molecule has 1 amide bonds. The van der Waals surface area contributed by atoms with Crippen molar-refractivity contribution in [2.24, 2.45) is 5.92 Å². The Balaban J connectivity index is 1.29. The molecule has 0 radical (unpaired) electrons. The average molecular weight is 499 g/mol. The fraction of sp³-hybridized carbons (Fsp3) is 0.500. The molecule has 2 aromatic rings. The highest BCUT2D eigenvalue weighted by atomic mass is 16.8. The standard InChI is InChI=1S/C26H30N2O8/c1-2-12-15-9-18-20-14(13-5-3-4-6-17(13)27-20)7-8-28(18)24(33)16(15)11-34-25(12)36-26-23(32)22(31)21(30)19(10-29)35-26/h2-6,11,15,18-19,21-23,25-27,29-32H,7-10H2,1H3/b12-2+/t15?,18?,19-,21-,22+,23-,25?,26+/m1/s1. The van der Waals surface area contributed by atoms with Gasteiger partial charge in [-0.3, -0.25) is 4.79 Å². The van der Waals surface area contributed by atoms with E-state index in [9.17, 15) is 25.2 Å². The van der Waals surface area contributed by atoms with Crippen LogP contribution in [0.5, 0.6) is 0 Å². The number of H-pyrrole nitrogens is 1. The molecule has 2 saturated heterocycles. The third-order valence-corrected chi connectivity index (χ3v) is 7.93. The van der Waals surface area contributed by atoms with Crippen molar-refractivity contribution in [3.8, 4) is 0 Å². The van der Waals surface area contributed by atoms with E-state index < -0.39 is 43.6 Å². The van der Waals surface area contributed by atoms with Gasteiger partial charge in [-0.1, -0.05) is 24.3 Å². The van der Waals surface area contributed by atoms with Crippen molar-refractivity contribution in [1.82, 2.24) is 9.88 Å². The minimum atomic E-state index is -1.56. The molecule has 10 heteroatoms. The van der Waals surface area contributed by atoms with Crippen LogP contribution in [0.25, 0.3) is 10.9 Å². The first-order valence-electron chi connectivity index (χ1n) is 12.3. The van der Waals surface area contributed by atoms with Crippen LogP contribution >= 0.6 is 0 Å². The number of fused-ring (bicyclic) bond motifs is 6. The highest BCUT2D eigenvalue weighted by Gasteiger charge is 2.49. The number of nitrogens with one attached hydrogen (secondary N) is 1. The van der Waals surface area contributed by atoms with E-state index in [1.165, 1.54) is 17.2 Å². The number of ether oxygens (including phenoxy) is 3. The summed E-state index contributed by atoms with van der Waals surface area (Å²) in [6, 6.07) is 8.03. The largest absolute Gasteiger partial charge is 0.468 e. The van der Waals surface area contributed by atoms with Crippen LogP contribution < -0.4 is 0 Å². The number of rotatable bonds is 3. The van der Waals surface area contributed by atoms with Crippen LogP contribution in [-0.4, -0.2) is 86.4 Å². The summed E-state index contributed by atoms with van der Waals surface area (Å²) in [6.45, 7) is 1.90. The minimum Gasteiger partial charge on any atom is -0.468 e. The van der Waals surface area contributed by atoms with E-state index in [4.69, 9.17) is 14.2 Å². The van der Waals surface area contributed by atoms with E-state index in [0.29, 0.717) is 24.1 Å². The van der Waals surface area contributed by atoms with Crippen molar-refractivity contribution in [2.45, 2.75) is 62.8 Å². The zero-order valence-electron chi connectivity index (χ0n) is 19.8. The summed E-state index contributed by atoms with van der Waals surface area (Å²) >= 11 is 0. The number of carbonyl (C=O) groups excluding carboxylic acids is 1. The number of nitrogens with zero attached hydrogens (tertiary/aromatic N) is 1. The van der Waals surface area contributed by atoms with Gasteiger partial charge in [0.25, 0.3) is 5.91 Å². The number of benzene rings is 1. The van der Waals surface area contributed by atoms with E-state index in [-0.39, 0.29) is 17.9 Å². The summed E-state index contributed by atoms with van der Waals surface area (Å²) in [5, 5.41) is 41.3. The van der Waals surface area contributed by atoms with E-state index in [1.807, 2.05) is 36.1 Å². The van der Waals surface area contributed by atoms with Gasteiger partial charge in [-0.05, 0) is 31.4 Å². The SMILES string of the molecule is C/C=C1/C(O[C@@H]2O[C@H](CO)[C@@H](O)[C@H](O)[C@H]2O)OC=C2C(=O)N3CCc4c([nH]c5ccccc45)C3CC21. The number of aliphatic hydroxyl groups excluding tert-OH is 4. The second-order valence-electron chi connectivity index (χ2n) is 9.78. The molecule has 8 atom stereocenters. The number of piperidine rings is 1. The normalized spacial score (nSPS) is 37.2. The Morgan fingerprint density at radius 2 is 2.00 bits per heavy atom. The number of hydrogen-bond donors (Lipinski definition) is 5. The summed E-state index contributed by atoms with van der Waals surface area (Å²) in [7, 11) is 0. The zero-order chi connectivity index (χ0) is 25.1. The Kier molecular flexibility index (Phi) is 5.90. The van der Waals surface area contributed by atoms with Crippen molar-refractivity contribution in [2.75, 3.05) is 13.2 Å². The number of allylic oxidation sites excluding steroid dienone is 1. The molecule has 0 spiro atoms. The Bertz CT molecular complexity index is 1240. The zero-order valence-corrected chi connectivity index (χ0v) is 19.8. The number of aliphatic hydroxyl groups is 4. The highest BCUT2D eigenvalue weighted by Crippen LogP contribution is 2.48. The van der Waals surface area contributed by atoms with Crippen LogP contribution in [0.2, 0.25) is 0 Å². The first-order valence-corrected chi connectivity index (χ1v) is 12.3. The molecule has 6 rings (SSSR count). The maximum absolute atomic E-state index is 13.5. The summed E-state index contributed by atoms with van der Waals surface area (Å²) < 4.78 is 17.2. The molecular formula is C26H30N2O8. The second-order valence-corrected chi connectivity index (χ2v) is 9.78. The van der Waals surface area contributed by atoms with Gasteiger partial charge in [0.1, 0.15) is 24.4 Å².